The molecule has 0 radical (unpaired) electrons. The van der Waals surface area contributed by atoms with Gasteiger partial charge in [-0.05, 0) is 38.8 Å². The summed E-state index contributed by atoms with van der Waals surface area (Å²) in [6, 6.07) is 8.80. The number of aromatic nitrogens is 4. The summed E-state index contributed by atoms with van der Waals surface area (Å²) in [5.41, 5.74) is -2.76. The first-order valence-corrected chi connectivity index (χ1v) is 11.8. The highest BCUT2D eigenvalue weighted by Gasteiger charge is 2.66. The number of benzene rings is 1. The normalized spacial score (nSPS) is 27.7. The minimum atomic E-state index is -2.23. The average molecular weight is 498 g/mol. The number of nitrogens with zero attached hydrogens (tertiary/aromatic N) is 5. The Labute approximate surface area is 207 Å². The third kappa shape index (κ3) is 3.97. The van der Waals surface area contributed by atoms with Crippen LogP contribution in [0.3, 0.4) is 0 Å². The van der Waals surface area contributed by atoms with E-state index in [0.717, 1.165) is 12.8 Å². The number of ether oxygens (including phenoxy) is 3. The highest BCUT2D eigenvalue weighted by atomic mass is 19.1. The number of carbonyl (C=O) groups excluding carboxylic acids is 2. The molecule has 1 aliphatic heterocycles. The summed E-state index contributed by atoms with van der Waals surface area (Å²) in [6.45, 7) is 3.60. The Morgan fingerprint density at radius 3 is 2.58 bits per heavy atom. The molecule has 190 valence electrons. The molecule has 0 spiro atoms. The van der Waals surface area contributed by atoms with Gasteiger partial charge in [-0.1, -0.05) is 18.2 Å². The summed E-state index contributed by atoms with van der Waals surface area (Å²) in [7, 11) is 1.94. The topological polar surface area (TPSA) is 109 Å². The minimum Gasteiger partial charge on any atom is -0.459 e. The van der Waals surface area contributed by atoms with Crippen molar-refractivity contribution in [2.45, 2.75) is 63.3 Å². The Morgan fingerprint density at radius 2 is 1.92 bits per heavy atom. The van der Waals surface area contributed by atoms with Crippen LogP contribution in [0.25, 0.3) is 11.2 Å². The number of rotatable bonds is 7. The molecule has 3 heterocycles. The zero-order valence-corrected chi connectivity index (χ0v) is 20.6. The molecule has 2 fully saturated rings. The van der Waals surface area contributed by atoms with Gasteiger partial charge in [-0.3, -0.25) is 9.36 Å². The lowest BCUT2D eigenvalue weighted by atomic mass is 9.84. The molecule has 2 aromatic heterocycles. The standard InChI is InChI=1S/C25H28FN5O5/c1-15(32)36-25(3)18(12-34-22(33)16-8-6-5-7-9-16)35-23(24(25,2)26)31-14-29-19-20(27-13-28-21(19)31)30(4)17-10-11-17/h5-9,13-14,17-18,23H,10-12H2,1-4H3/t18-,23-,24+,25-/m1/s1. The number of fused-ring (bicyclic) bond motifs is 1. The van der Waals surface area contributed by atoms with Gasteiger partial charge in [0.15, 0.2) is 34.5 Å². The van der Waals surface area contributed by atoms with Crippen molar-refractivity contribution in [1.82, 2.24) is 19.5 Å². The van der Waals surface area contributed by atoms with Gasteiger partial charge in [-0.25, -0.2) is 24.1 Å². The summed E-state index contributed by atoms with van der Waals surface area (Å²) in [6.07, 6.45) is 2.63. The van der Waals surface area contributed by atoms with Crippen LogP contribution in [0.4, 0.5) is 10.2 Å². The van der Waals surface area contributed by atoms with Gasteiger partial charge in [0.05, 0.1) is 11.9 Å². The van der Waals surface area contributed by atoms with Crippen molar-refractivity contribution in [2.75, 3.05) is 18.6 Å². The number of esters is 2. The summed E-state index contributed by atoms with van der Waals surface area (Å²) >= 11 is 0. The van der Waals surface area contributed by atoms with E-state index in [1.54, 1.807) is 30.3 Å². The van der Waals surface area contributed by atoms with Crippen LogP contribution in [0.15, 0.2) is 43.0 Å². The molecule has 1 aliphatic carbocycles. The maximum absolute atomic E-state index is 16.6. The molecule has 1 saturated heterocycles. The van der Waals surface area contributed by atoms with Crippen LogP contribution in [0.5, 0.6) is 0 Å². The maximum Gasteiger partial charge on any atom is 0.338 e. The number of halogens is 1. The molecular weight excluding hydrogens is 469 g/mol. The van der Waals surface area contributed by atoms with Crippen LogP contribution in [-0.4, -0.2) is 68.5 Å². The van der Waals surface area contributed by atoms with Gasteiger partial charge in [0, 0.05) is 20.0 Å². The first kappa shape index (κ1) is 24.1. The smallest absolute Gasteiger partial charge is 0.338 e. The Morgan fingerprint density at radius 1 is 1.19 bits per heavy atom. The quantitative estimate of drug-likeness (QED) is 0.455. The lowest BCUT2D eigenvalue weighted by Crippen LogP contribution is -2.55. The maximum atomic E-state index is 16.6. The first-order chi connectivity index (χ1) is 17.1. The molecule has 36 heavy (non-hydrogen) atoms. The largest absolute Gasteiger partial charge is 0.459 e. The number of hydrogen-bond acceptors (Lipinski definition) is 9. The van der Waals surface area contributed by atoms with Crippen LogP contribution >= 0.6 is 0 Å². The van der Waals surface area contributed by atoms with Crippen molar-refractivity contribution in [3.63, 3.8) is 0 Å². The first-order valence-electron chi connectivity index (χ1n) is 11.8. The molecule has 1 aromatic carbocycles. The van der Waals surface area contributed by atoms with Gasteiger partial charge in [-0.15, -0.1) is 0 Å². The van der Waals surface area contributed by atoms with Crippen molar-refractivity contribution >= 4 is 28.9 Å². The van der Waals surface area contributed by atoms with E-state index in [1.807, 2.05) is 11.9 Å². The number of carbonyl (C=O) groups is 2. The molecule has 10 nitrogen and oxygen atoms in total. The van der Waals surface area contributed by atoms with E-state index in [0.29, 0.717) is 28.6 Å². The molecule has 1 saturated carbocycles. The molecule has 0 unspecified atom stereocenters. The fourth-order valence-electron chi connectivity index (χ4n) is 4.68. The number of anilines is 1. The number of hydrogen-bond donors (Lipinski definition) is 0. The molecule has 0 N–H and O–H groups in total. The van der Waals surface area contributed by atoms with Gasteiger partial charge in [0.1, 0.15) is 19.0 Å². The SMILES string of the molecule is CC(=O)O[C@]1(C)[C@@H](COC(=O)c2ccccc2)O[C@@H](n2cnc3c(N(C)C4CC4)ncnc32)[C@]1(C)F. The third-order valence-electron chi connectivity index (χ3n) is 7.09. The highest BCUT2D eigenvalue weighted by molar-refractivity contribution is 5.89. The van der Waals surface area contributed by atoms with E-state index in [2.05, 4.69) is 15.0 Å². The summed E-state index contributed by atoms with van der Waals surface area (Å²) in [4.78, 5) is 39.8. The van der Waals surface area contributed by atoms with Crippen molar-refractivity contribution < 1.29 is 28.2 Å². The highest BCUT2D eigenvalue weighted by Crippen LogP contribution is 2.51. The number of imidazole rings is 1. The van der Waals surface area contributed by atoms with E-state index < -0.39 is 35.5 Å². The third-order valence-corrected chi connectivity index (χ3v) is 7.09. The monoisotopic (exact) mass is 497 g/mol. The minimum absolute atomic E-state index is 0.329. The molecule has 2 aliphatic rings. The van der Waals surface area contributed by atoms with E-state index in [9.17, 15) is 9.59 Å². The van der Waals surface area contributed by atoms with Crippen molar-refractivity contribution in [3.05, 3.63) is 48.5 Å². The van der Waals surface area contributed by atoms with Crippen molar-refractivity contribution in [1.29, 1.82) is 0 Å². The van der Waals surface area contributed by atoms with Crippen molar-refractivity contribution in [2.24, 2.45) is 0 Å². The van der Waals surface area contributed by atoms with E-state index >= 15 is 4.39 Å². The van der Waals surface area contributed by atoms with Crippen molar-refractivity contribution in [3.8, 4) is 0 Å². The molecular formula is C25H28FN5O5. The van der Waals surface area contributed by atoms with Gasteiger partial charge in [0.25, 0.3) is 0 Å². The predicted octanol–water partition coefficient (Wildman–Crippen LogP) is 3.23. The lowest BCUT2D eigenvalue weighted by Gasteiger charge is -2.36. The Balaban J connectivity index is 1.47. The van der Waals surface area contributed by atoms with E-state index in [-0.39, 0.29) is 6.61 Å². The predicted molar refractivity (Wildman–Crippen MR) is 127 cm³/mol. The lowest BCUT2D eigenvalue weighted by molar-refractivity contribution is -0.175. The van der Waals surface area contributed by atoms with Gasteiger partial charge in [0.2, 0.25) is 0 Å². The Bertz CT molecular complexity index is 1290. The Hall–Kier alpha value is -3.60. The number of alkyl halides is 1. The van der Waals surface area contributed by atoms with Crippen LogP contribution in [-0.2, 0) is 19.0 Å². The van der Waals surface area contributed by atoms with Gasteiger partial charge < -0.3 is 19.1 Å². The van der Waals surface area contributed by atoms with Crippen LogP contribution in [0.2, 0.25) is 0 Å². The van der Waals surface area contributed by atoms with E-state index in [4.69, 9.17) is 14.2 Å². The van der Waals surface area contributed by atoms with Crippen LogP contribution < -0.4 is 4.90 Å². The fourth-order valence-corrected chi connectivity index (χ4v) is 4.68. The summed E-state index contributed by atoms with van der Waals surface area (Å²) < 4.78 is 35.2. The molecule has 0 bridgehead atoms. The van der Waals surface area contributed by atoms with Crippen LogP contribution in [0, 0.1) is 0 Å². The second-order valence-electron chi connectivity index (χ2n) is 9.58. The molecule has 4 atom stereocenters. The zero-order valence-electron chi connectivity index (χ0n) is 20.6. The molecule has 11 heteroatoms. The van der Waals surface area contributed by atoms with E-state index in [1.165, 1.54) is 38.0 Å². The second-order valence-corrected chi connectivity index (χ2v) is 9.58. The average Bonchev–Trinajstić information content (AvgIpc) is 3.58. The van der Waals surface area contributed by atoms with Gasteiger partial charge in [-0.2, -0.15) is 0 Å². The molecule has 5 rings (SSSR count). The Kier molecular flexibility index (Phi) is 5.90. The zero-order chi connectivity index (χ0) is 25.7. The molecule has 0 amide bonds. The summed E-state index contributed by atoms with van der Waals surface area (Å²) in [5.74, 6) is -0.631. The summed E-state index contributed by atoms with van der Waals surface area (Å²) in [5, 5.41) is 0. The fraction of sp³-hybridized carbons (Fsp3) is 0.480. The van der Waals surface area contributed by atoms with Gasteiger partial charge >= 0.3 is 11.9 Å². The molecule has 3 aromatic rings. The van der Waals surface area contributed by atoms with Crippen LogP contribution in [0.1, 0.15) is 50.2 Å². The second kappa shape index (κ2) is 8.81.